The number of benzene rings is 4. The Morgan fingerprint density at radius 3 is 2.41 bits per heavy atom. The lowest BCUT2D eigenvalue weighted by molar-refractivity contribution is -0.142. The predicted octanol–water partition coefficient (Wildman–Crippen LogP) is 6.00. The van der Waals surface area contributed by atoms with Crippen LogP contribution in [0.25, 0.3) is 21.5 Å². The van der Waals surface area contributed by atoms with Crippen molar-refractivity contribution in [2.45, 2.75) is 22.8 Å². The van der Waals surface area contributed by atoms with Crippen molar-refractivity contribution >= 4 is 39.3 Å². The largest absolute Gasteiger partial charge is 0.489 e. The van der Waals surface area contributed by atoms with Crippen LogP contribution in [0.15, 0.2) is 101 Å². The molecule has 0 aliphatic heterocycles. The van der Waals surface area contributed by atoms with E-state index in [1.807, 2.05) is 42.5 Å². The minimum Gasteiger partial charge on any atom is -0.489 e. The molecule has 0 heterocycles. The van der Waals surface area contributed by atoms with Gasteiger partial charge in [-0.05, 0) is 54.1 Å². The van der Waals surface area contributed by atoms with Gasteiger partial charge in [0, 0.05) is 26.1 Å². The lowest BCUT2D eigenvalue weighted by Crippen LogP contribution is -2.25. The quantitative estimate of drug-likeness (QED) is 0.205. The van der Waals surface area contributed by atoms with Crippen LogP contribution in [0.2, 0.25) is 0 Å². The van der Waals surface area contributed by atoms with Gasteiger partial charge in [-0.1, -0.05) is 60.8 Å². The van der Waals surface area contributed by atoms with Gasteiger partial charge in [-0.25, -0.2) is 4.79 Å². The third-order valence-corrected chi connectivity index (χ3v) is 5.94. The van der Waals surface area contributed by atoms with Crippen LogP contribution in [0, 0.1) is 0 Å². The van der Waals surface area contributed by atoms with E-state index < -0.39 is 12.1 Å². The molecule has 4 aromatic rings. The van der Waals surface area contributed by atoms with Gasteiger partial charge < -0.3 is 14.6 Å². The summed E-state index contributed by atoms with van der Waals surface area (Å²) in [6.45, 7) is 4.97. The van der Waals surface area contributed by atoms with Crippen molar-refractivity contribution < 1.29 is 19.4 Å². The smallest absolute Gasteiger partial charge is 0.333 e. The van der Waals surface area contributed by atoms with Crippen LogP contribution in [0.1, 0.15) is 6.92 Å². The van der Waals surface area contributed by atoms with Gasteiger partial charge in [-0.3, -0.25) is 0 Å². The van der Waals surface area contributed by atoms with Crippen LogP contribution in [0.5, 0.6) is 5.75 Å². The molecule has 0 fully saturated rings. The molecule has 162 valence electrons. The SMILES string of the molecule is C=C(C)C(=O)OCC(O)COc1c2ccccc2cc2cc(Sc3ccccc3)ccc12. The number of aliphatic hydroxyl groups is 1. The molecule has 32 heavy (non-hydrogen) atoms. The average Bonchev–Trinajstić information content (AvgIpc) is 2.80. The number of ether oxygens (including phenoxy) is 2. The van der Waals surface area contributed by atoms with Crippen molar-refractivity contribution in [2.75, 3.05) is 13.2 Å². The Hall–Kier alpha value is -3.28. The Morgan fingerprint density at radius 2 is 1.62 bits per heavy atom. The molecule has 0 radical (unpaired) electrons. The third kappa shape index (κ3) is 5.13. The third-order valence-electron chi connectivity index (χ3n) is 4.94. The fourth-order valence-electron chi connectivity index (χ4n) is 3.38. The van der Waals surface area contributed by atoms with Crippen LogP contribution >= 0.6 is 11.8 Å². The minimum atomic E-state index is -0.944. The van der Waals surface area contributed by atoms with Gasteiger partial charge in [0.25, 0.3) is 0 Å². The number of carbonyl (C=O) groups is 1. The highest BCUT2D eigenvalue weighted by Gasteiger charge is 2.14. The number of aliphatic hydroxyl groups excluding tert-OH is 1. The van der Waals surface area contributed by atoms with Crippen molar-refractivity contribution in [1.82, 2.24) is 0 Å². The molecular formula is C27H24O4S. The summed E-state index contributed by atoms with van der Waals surface area (Å²) < 4.78 is 11.1. The molecule has 0 spiro atoms. The predicted molar refractivity (Wildman–Crippen MR) is 129 cm³/mol. The van der Waals surface area contributed by atoms with E-state index in [0.29, 0.717) is 11.3 Å². The first kappa shape index (κ1) is 21.9. The van der Waals surface area contributed by atoms with E-state index in [1.54, 1.807) is 18.7 Å². The molecule has 0 bridgehead atoms. The summed E-state index contributed by atoms with van der Waals surface area (Å²) in [7, 11) is 0. The number of hydrogen-bond donors (Lipinski definition) is 1. The normalized spacial score (nSPS) is 11.9. The Morgan fingerprint density at radius 1 is 0.906 bits per heavy atom. The molecule has 4 rings (SSSR count). The van der Waals surface area contributed by atoms with E-state index in [0.717, 1.165) is 26.4 Å². The summed E-state index contributed by atoms with van der Waals surface area (Å²) >= 11 is 1.71. The molecule has 4 aromatic carbocycles. The molecule has 1 atom stereocenters. The van der Waals surface area contributed by atoms with Crippen LogP contribution in [0.3, 0.4) is 0 Å². The maximum absolute atomic E-state index is 11.6. The van der Waals surface area contributed by atoms with Crippen molar-refractivity contribution in [3.63, 3.8) is 0 Å². The van der Waals surface area contributed by atoms with Crippen molar-refractivity contribution in [3.8, 4) is 5.75 Å². The van der Waals surface area contributed by atoms with Gasteiger partial charge in [0.15, 0.2) is 0 Å². The second-order valence-corrected chi connectivity index (χ2v) is 8.72. The fourth-order valence-corrected chi connectivity index (χ4v) is 4.26. The van der Waals surface area contributed by atoms with E-state index in [1.165, 1.54) is 4.90 Å². The molecule has 4 nitrogen and oxygen atoms in total. The zero-order valence-corrected chi connectivity index (χ0v) is 18.6. The fraction of sp³-hybridized carbons (Fsp3) is 0.148. The molecule has 0 aliphatic carbocycles. The minimum absolute atomic E-state index is 0.00704. The highest BCUT2D eigenvalue weighted by Crippen LogP contribution is 2.38. The highest BCUT2D eigenvalue weighted by molar-refractivity contribution is 7.99. The highest BCUT2D eigenvalue weighted by atomic mass is 32.2. The Bertz CT molecular complexity index is 1270. The molecule has 0 amide bonds. The summed E-state index contributed by atoms with van der Waals surface area (Å²) in [5.74, 6) is 0.183. The zero-order valence-electron chi connectivity index (χ0n) is 17.8. The van der Waals surface area contributed by atoms with Crippen molar-refractivity contribution in [3.05, 3.63) is 91.0 Å². The summed E-state index contributed by atoms with van der Waals surface area (Å²) in [5, 5.41) is 14.3. The van der Waals surface area contributed by atoms with Crippen molar-refractivity contribution in [2.24, 2.45) is 0 Å². The van der Waals surface area contributed by atoms with E-state index in [9.17, 15) is 9.90 Å². The maximum Gasteiger partial charge on any atom is 0.333 e. The first-order chi connectivity index (χ1) is 15.5. The molecule has 1 unspecified atom stereocenters. The maximum atomic E-state index is 11.6. The number of fused-ring (bicyclic) bond motifs is 2. The monoisotopic (exact) mass is 444 g/mol. The van der Waals surface area contributed by atoms with Crippen molar-refractivity contribution in [1.29, 1.82) is 0 Å². The van der Waals surface area contributed by atoms with Crippen LogP contribution in [-0.2, 0) is 9.53 Å². The number of hydrogen-bond acceptors (Lipinski definition) is 5. The Balaban J connectivity index is 1.61. The Labute approximate surface area is 191 Å². The van der Waals surface area contributed by atoms with E-state index >= 15 is 0 Å². The second-order valence-electron chi connectivity index (χ2n) is 7.57. The van der Waals surface area contributed by atoms with Gasteiger partial charge in [0.05, 0.1) is 0 Å². The van der Waals surface area contributed by atoms with Crippen LogP contribution in [-0.4, -0.2) is 30.4 Å². The summed E-state index contributed by atoms with van der Waals surface area (Å²) in [6, 6.07) is 26.7. The molecule has 0 saturated carbocycles. The molecular weight excluding hydrogens is 420 g/mol. The summed E-state index contributed by atoms with van der Waals surface area (Å²) in [5.41, 5.74) is 0.294. The lowest BCUT2D eigenvalue weighted by Gasteiger charge is -2.17. The van der Waals surface area contributed by atoms with Gasteiger partial charge in [-0.2, -0.15) is 0 Å². The lowest BCUT2D eigenvalue weighted by atomic mass is 10.0. The van der Waals surface area contributed by atoms with Gasteiger partial charge >= 0.3 is 5.97 Å². The Kier molecular flexibility index (Phi) is 6.78. The summed E-state index contributed by atoms with van der Waals surface area (Å²) in [6.07, 6.45) is -0.944. The second kappa shape index (κ2) is 9.90. The molecule has 0 saturated heterocycles. The topological polar surface area (TPSA) is 55.8 Å². The van der Waals surface area contributed by atoms with Crippen LogP contribution in [0.4, 0.5) is 0 Å². The first-order valence-corrected chi connectivity index (χ1v) is 11.1. The first-order valence-electron chi connectivity index (χ1n) is 10.3. The molecule has 5 heteroatoms. The standard InChI is InChI=1S/C27H24O4S/c1-18(2)27(29)31-17-21(28)16-30-26-24-11-7-6-8-19(24)14-20-15-23(12-13-25(20)26)32-22-9-4-3-5-10-22/h3-15,21,28H,1,16-17H2,2H3. The molecule has 0 aromatic heterocycles. The van der Waals surface area contributed by atoms with Gasteiger partial charge in [0.2, 0.25) is 0 Å². The molecule has 1 N–H and O–H groups in total. The van der Waals surface area contributed by atoms with E-state index in [2.05, 4.69) is 43.0 Å². The van der Waals surface area contributed by atoms with Gasteiger partial charge in [-0.15, -0.1) is 0 Å². The van der Waals surface area contributed by atoms with E-state index in [4.69, 9.17) is 9.47 Å². The number of rotatable bonds is 8. The number of esters is 1. The van der Waals surface area contributed by atoms with Gasteiger partial charge in [0.1, 0.15) is 25.1 Å². The summed E-state index contributed by atoms with van der Waals surface area (Å²) in [4.78, 5) is 13.9. The van der Waals surface area contributed by atoms with E-state index in [-0.39, 0.29) is 13.2 Å². The molecule has 0 aliphatic rings. The average molecular weight is 445 g/mol. The number of carbonyl (C=O) groups excluding carboxylic acids is 1. The zero-order chi connectivity index (χ0) is 22.5. The van der Waals surface area contributed by atoms with Crippen LogP contribution < -0.4 is 4.74 Å².